The number of carbonyl (C=O) groups excluding carboxylic acids is 5. The lowest BCUT2D eigenvalue weighted by atomic mass is 10.0. The molecule has 14 heteroatoms. The molecule has 2 aliphatic carbocycles. The third-order valence-electron chi connectivity index (χ3n) is 10.8. The largest absolute Gasteiger partial charge is 0.497 e. The van der Waals surface area contributed by atoms with Crippen molar-refractivity contribution in [3.63, 3.8) is 0 Å². The number of benzene rings is 2. The molecule has 5 aliphatic rings. The number of halogens is 1. The van der Waals surface area contributed by atoms with Crippen molar-refractivity contribution in [1.29, 1.82) is 0 Å². The molecule has 3 fully saturated rings. The molecule has 0 bridgehead atoms. The Bertz CT molecular complexity index is 1790. The van der Waals surface area contributed by atoms with Crippen molar-refractivity contribution in [2.45, 2.75) is 106 Å². The van der Waals surface area contributed by atoms with Gasteiger partial charge in [-0.2, -0.15) is 0 Å². The second kappa shape index (κ2) is 15.8. The highest BCUT2D eigenvalue weighted by molar-refractivity contribution is 7.98. The van der Waals surface area contributed by atoms with Gasteiger partial charge in [0, 0.05) is 29.7 Å². The molecular weight excluding hydrogens is 702 g/mol. The average Bonchev–Trinajstić information content (AvgIpc) is 4.00. The summed E-state index contributed by atoms with van der Waals surface area (Å²) < 4.78 is 28.6. The van der Waals surface area contributed by atoms with Crippen molar-refractivity contribution in [3.05, 3.63) is 77.1 Å². The molecule has 5 amide bonds. The summed E-state index contributed by atoms with van der Waals surface area (Å²) in [6, 6.07) is 9.85. The molecule has 7 rings (SSSR count). The molecule has 1 saturated heterocycles. The van der Waals surface area contributed by atoms with Crippen LogP contribution in [0.4, 0.5) is 9.18 Å². The molecule has 0 aromatic heterocycles. The molecule has 2 saturated carbocycles. The summed E-state index contributed by atoms with van der Waals surface area (Å²) in [4.78, 5) is 72.0. The number of ether oxygens (including phenoxy) is 2. The second-order valence-corrected chi connectivity index (χ2v) is 15.8. The first-order valence-electron chi connectivity index (χ1n) is 18.5. The van der Waals surface area contributed by atoms with Crippen LogP contribution < -0.4 is 20.1 Å². The lowest BCUT2D eigenvalue weighted by Crippen LogP contribution is -2.57. The number of amides is 5. The second-order valence-electron chi connectivity index (χ2n) is 14.7. The SMILES string of the molecule is COc1cccc(CC(=O)N[C@H]2CCCCC/C=C\[C@@H]3C[C@@]3(C(=O)NSC3CC3)NC(=O)C3C[C@@H](OC(=O)N4Cc5cccc(F)c5C4)CN3C2=O)c1. The van der Waals surface area contributed by atoms with E-state index in [1.807, 2.05) is 6.08 Å². The predicted octanol–water partition coefficient (Wildman–Crippen LogP) is 4.31. The molecule has 53 heavy (non-hydrogen) atoms. The molecule has 0 spiro atoms. The van der Waals surface area contributed by atoms with E-state index in [1.165, 1.54) is 27.8 Å². The Morgan fingerprint density at radius 2 is 1.89 bits per heavy atom. The van der Waals surface area contributed by atoms with Gasteiger partial charge in [0.05, 0.1) is 26.6 Å². The number of fused-ring (bicyclic) bond motifs is 3. The van der Waals surface area contributed by atoms with Crippen LogP contribution in [0, 0.1) is 11.7 Å². The number of hydrogen-bond donors (Lipinski definition) is 3. The Morgan fingerprint density at radius 3 is 2.68 bits per heavy atom. The average molecular weight is 748 g/mol. The predicted molar refractivity (Wildman–Crippen MR) is 195 cm³/mol. The molecule has 5 atom stereocenters. The maximum absolute atomic E-state index is 14.5. The van der Waals surface area contributed by atoms with Crippen molar-refractivity contribution in [1.82, 2.24) is 25.2 Å². The highest BCUT2D eigenvalue weighted by atomic mass is 32.2. The van der Waals surface area contributed by atoms with E-state index in [0.717, 1.165) is 37.7 Å². The Morgan fingerprint density at radius 1 is 1.06 bits per heavy atom. The standard InChI is InChI=1S/C39H46FN5O7S/c1-51-27-12-7-9-24(17-27)18-34(46)41-32-14-6-4-2-3-5-11-26-20-39(26,37(49)43-53-29-15-16-29)42-35(47)33-19-28(22-45(33)36(32)48)52-38(50)44-21-25-10-8-13-31(40)30(25)23-44/h5,7-13,17,26,28-29,32-33H,2-4,6,14-16,18-23H2,1H3,(H,41,46)(H,42,47)(H,43,49)/b11-5-/t26-,28-,32+,33?,39-/m1/s1. The molecule has 2 aromatic carbocycles. The summed E-state index contributed by atoms with van der Waals surface area (Å²) in [6.45, 7) is 0.144. The van der Waals surface area contributed by atoms with E-state index in [0.29, 0.717) is 41.4 Å². The maximum Gasteiger partial charge on any atom is 0.410 e. The highest BCUT2D eigenvalue weighted by Gasteiger charge is 2.61. The first-order valence-corrected chi connectivity index (χ1v) is 19.4. The van der Waals surface area contributed by atoms with Crippen molar-refractivity contribution >= 4 is 41.7 Å². The van der Waals surface area contributed by atoms with Crippen molar-refractivity contribution in [2.24, 2.45) is 5.92 Å². The van der Waals surface area contributed by atoms with Gasteiger partial charge >= 0.3 is 6.09 Å². The van der Waals surface area contributed by atoms with Crippen LogP contribution in [0.2, 0.25) is 0 Å². The van der Waals surface area contributed by atoms with Gasteiger partial charge in [0.25, 0.3) is 5.91 Å². The minimum atomic E-state index is -1.16. The van der Waals surface area contributed by atoms with E-state index in [4.69, 9.17) is 9.47 Å². The lowest BCUT2D eigenvalue weighted by molar-refractivity contribution is -0.142. The van der Waals surface area contributed by atoms with Gasteiger partial charge in [0.1, 0.15) is 35.3 Å². The smallest absolute Gasteiger partial charge is 0.410 e. The van der Waals surface area contributed by atoms with Crippen molar-refractivity contribution in [3.8, 4) is 5.75 Å². The van der Waals surface area contributed by atoms with E-state index >= 15 is 0 Å². The first kappa shape index (κ1) is 36.8. The van der Waals surface area contributed by atoms with Crippen molar-refractivity contribution in [2.75, 3.05) is 13.7 Å². The van der Waals surface area contributed by atoms with Crippen LogP contribution in [0.25, 0.3) is 0 Å². The zero-order chi connectivity index (χ0) is 37.1. The summed E-state index contributed by atoms with van der Waals surface area (Å²) >= 11 is 1.38. The van der Waals surface area contributed by atoms with E-state index in [2.05, 4.69) is 21.4 Å². The third-order valence-corrected chi connectivity index (χ3v) is 11.9. The zero-order valence-corrected chi connectivity index (χ0v) is 30.6. The Balaban J connectivity index is 1.11. The number of methoxy groups -OCH3 is 1. The molecular formula is C39H46FN5O7S. The van der Waals surface area contributed by atoms with Crippen LogP contribution >= 0.6 is 11.9 Å². The molecule has 3 N–H and O–H groups in total. The van der Waals surface area contributed by atoms with Gasteiger partial charge in [-0.05, 0) is 79.8 Å². The van der Waals surface area contributed by atoms with E-state index in [1.54, 1.807) is 43.5 Å². The van der Waals surface area contributed by atoms with Crippen LogP contribution in [0.15, 0.2) is 54.6 Å². The number of carbonyl (C=O) groups is 5. The molecule has 1 unspecified atom stereocenters. The number of hydrogen-bond acceptors (Lipinski definition) is 8. The normalized spacial score (nSPS) is 27.6. The maximum atomic E-state index is 14.5. The minimum Gasteiger partial charge on any atom is -0.497 e. The van der Waals surface area contributed by atoms with Crippen LogP contribution in [0.5, 0.6) is 5.75 Å². The molecule has 3 heterocycles. The summed E-state index contributed by atoms with van der Waals surface area (Å²) in [6.07, 6.45) is 8.51. The lowest BCUT2D eigenvalue weighted by Gasteiger charge is -2.30. The molecule has 282 valence electrons. The van der Waals surface area contributed by atoms with Gasteiger partial charge in [-0.25, -0.2) is 9.18 Å². The van der Waals surface area contributed by atoms with Gasteiger partial charge in [-0.1, -0.05) is 49.3 Å². The summed E-state index contributed by atoms with van der Waals surface area (Å²) in [5.74, 6) is -1.59. The highest BCUT2D eigenvalue weighted by Crippen LogP contribution is 2.46. The Kier molecular flexibility index (Phi) is 11.0. The van der Waals surface area contributed by atoms with Crippen LogP contribution in [0.3, 0.4) is 0 Å². The van der Waals surface area contributed by atoms with E-state index in [-0.39, 0.29) is 50.2 Å². The van der Waals surface area contributed by atoms with Gasteiger partial charge in [-0.3, -0.25) is 28.8 Å². The monoisotopic (exact) mass is 747 g/mol. The molecule has 12 nitrogen and oxygen atoms in total. The minimum absolute atomic E-state index is 0.00202. The number of nitrogens with one attached hydrogen (secondary N) is 3. The zero-order valence-electron chi connectivity index (χ0n) is 29.8. The number of nitrogens with zero attached hydrogens (tertiary/aromatic N) is 2. The van der Waals surface area contributed by atoms with E-state index < -0.39 is 47.5 Å². The van der Waals surface area contributed by atoms with Gasteiger partial charge in [0.2, 0.25) is 17.7 Å². The van der Waals surface area contributed by atoms with E-state index in [9.17, 15) is 28.4 Å². The number of rotatable bonds is 8. The van der Waals surface area contributed by atoms with Crippen LogP contribution in [0.1, 0.15) is 74.5 Å². The van der Waals surface area contributed by atoms with Gasteiger partial charge in [0.15, 0.2) is 0 Å². The fraction of sp³-hybridized carbons (Fsp3) is 0.513. The quantitative estimate of drug-likeness (QED) is 0.268. The Hall–Kier alpha value is -4.59. The van der Waals surface area contributed by atoms with Gasteiger partial charge < -0.3 is 25.0 Å². The molecule has 0 radical (unpaired) electrons. The molecule has 3 aliphatic heterocycles. The summed E-state index contributed by atoms with van der Waals surface area (Å²) in [5.41, 5.74) is 0.686. The summed E-state index contributed by atoms with van der Waals surface area (Å²) in [7, 11) is 1.55. The number of allylic oxidation sites excluding steroid dienone is 1. The van der Waals surface area contributed by atoms with Crippen LogP contribution in [-0.4, -0.2) is 82.2 Å². The fourth-order valence-corrected chi connectivity index (χ4v) is 8.35. The summed E-state index contributed by atoms with van der Waals surface area (Å²) in [5, 5.41) is 6.32. The Labute approximate surface area is 312 Å². The molecule has 2 aromatic rings. The third kappa shape index (κ3) is 8.47. The topological polar surface area (TPSA) is 146 Å². The van der Waals surface area contributed by atoms with Crippen LogP contribution in [-0.2, 0) is 43.4 Å². The van der Waals surface area contributed by atoms with Gasteiger partial charge in [-0.15, -0.1) is 0 Å². The fourth-order valence-electron chi connectivity index (χ4n) is 7.52. The van der Waals surface area contributed by atoms with Crippen molar-refractivity contribution < 1.29 is 37.8 Å². The first-order chi connectivity index (χ1) is 25.6.